The van der Waals surface area contributed by atoms with Crippen molar-refractivity contribution in [2.24, 2.45) is 5.92 Å². The number of rotatable bonds is 6. The molecule has 1 unspecified atom stereocenters. The molecule has 1 atom stereocenters. The third-order valence-corrected chi connectivity index (χ3v) is 3.77. The summed E-state index contributed by atoms with van der Waals surface area (Å²) in [5.41, 5.74) is 0. The predicted molar refractivity (Wildman–Crippen MR) is 73.9 cm³/mol. The van der Waals surface area contributed by atoms with Crippen molar-refractivity contribution in [3.63, 3.8) is 0 Å². The van der Waals surface area contributed by atoms with Gasteiger partial charge in [0.1, 0.15) is 0 Å². The molecular weight excluding hydrogens is 244 g/mol. The van der Waals surface area contributed by atoms with Crippen LogP contribution in [0.5, 0.6) is 0 Å². The van der Waals surface area contributed by atoms with Crippen LogP contribution >= 0.6 is 0 Å². The SMILES string of the molecule is CC(C)NC(=O)C(C)N1CCC(CCC(=O)O)CC1. The van der Waals surface area contributed by atoms with Crippen LogP contribution in [0.3, 0.4) is 0 Å². The number of hydrogen-bond donors (Lipinski definition) is 2. The average molecular weight is 270 g/mol. The van der Waals surface area contributed by atoms with E-state index in [4.69, 9.17) is 5.11 Å². The molecular formula is C14H26N2O3. The molecule has 1 aliphatic heterocycles. The van der Waals surface area contributed by atoms with Crippen LogP contribution in [0.15, 0.2) is 0 Å². The smallest absolute Gasteiger partial charge is 0.303 e. The number of carboxylic acid groups (broad SMARTS) is 1. The summed E-state index contributed by atoms with van der Waals surface area (Å²) < 4.78 is 0. The monoisotopic (exact) mass is 270 g/mol. The van der Waals surface area contributed by atoms with E-state index in [-0.39, 0.29) is 24.4 Å². The zero-order chi connectivity index (χ0) is 14.4. The van der Waals surface area contributed by atoms with E-state index in [1.54, 1.807) is 0 Å². The van der Waals surface area contributed by atoms with Crippen LogP contribution in [0.4, 0.5) is 0 Å². The van der Waals surface area contributed by atoms with Crippen molar-refractivity contribution in [1.82, 2.24) is 10.2 Å². The van der Waals surface area contributed by atoms with Gasteiger partial charge in [0.25, 0.3) is 0 Å². The molecule has 5 nitrogen and oxygen atoms in total. The van der Waals surface area contributed by atoms with Crippen molar-refractivity contribution in [3.8, 4) is 0 Å². The lowest BCUT2D eigenvalue weighted by Crippen LogP contribution is -2.49. The Morgan fingerprint density at radius 2 is 1.84 bits per heavy atom. The maximum absolute atomic E-state index is 11.9. The number of nitrogens with one attached hydrogen (secondary N) is 1. The molecule has 1 rings (SSSR count). The molecule has 1 amide bonds. The highest BCUT2D eigenvalue weighted by Crippen LogP contribution is 2.23. The predicted octanol–water partition coefficient (Wildman–Crippen LogP) is 1.48. The molecule has 0 radical (unpaired) electrons. The summed E-state index contributed by atoms with van der Waals surface area (Å²) in [6.07, 6.45) is 3.00. The van der Waals surface area contributed by atoms with Gasteiger partial charge in [-0.2, -0.15) is 0 Å². The molecule has 110 valence electrons. The minimum Gasteiger partial charge on any atom is -0.481 e. The Kier molecular flexibility index (Phi) is 6.28. The second kappa shape index (κ2) is 7.48. The third kappa shape index (κ3) is 5.59. The summed E-state index contributed by atoms with van der Waals surface area (Å²) in [7, 11) is 0. The van der Waals surface area contributed by atoms with Crippen LogP contribution < -0.4 is 5.32 Å². The Labute approximate surface area is 115 Å². The maximum Gasteiger partial charge on any atom is 0.303 e. The number of carbonyl (C=O) groups is 2. The van der Waals surface area contributed by atoms with E-state index in [1.165, 1.54) is 0 Å². The molecule has 1 saturated heterocycles. The van der Waals surface area contributed by atoms with E-state index >= 15 is 0 Å². The van der Waals surface area contributed by atoms with Gasteiger partial charge in [0.2, 0.25) is 5.91 Å². The lowest BCUT2D eigenvalue weighted by Gasteiger charge is -2.35. The fourth-order valence-corrected chi connectivity index (χ4v) is 2.53. The fourth-order valence-electron chi connectivity index (χ4n) is 2.53. The van der Waals surface area contributed by atoms with Gasteiger partial charge in [-0.1, -0.05) is 0 Å². The van der Waals surface area contributed by atoms with Crippen molar-refractivity contribution < 1.29 is 14.7 Å². The zero-order valence-corrected chi connectivity index (χ0v) is 12.2. The first-order valence-corrected chi connectivity index (χ1v) is 7.16. The summed E-state index contributed by atoms with van der Waals surface area (Å²) in [4.78, 5) is 24.7. The van der Waals surface area contributed by atoms with E-state index in [0.717, 1.165) is 32.4 Å². The summed E-state index contributed by atoms with van der Waals surface area (Å²) in [5.74, 6) is -0.140. The quantitative estimate of drug-likeness (QED) is 0.767. The van der Waals surface area contributed by atoms with Crippen molar-refractivity contribution in [1.29, 1.82) is 0 Å². The molecule has 0 aromatic heterocycles. The molecule has 2 N–H and O–H groups in total. The maximum atomic E-state index is 11.9. The topological polar surface area (TPSA) is 69.6 Å². The number of piperidine rings is 1. The van der Waals surface area contributed by atoms with Gasteiger partial charge in [0.05, 0.1) is 6.04 Å². The summed E-state index contributed by atoms with van der Waals surface area (Å²) in [6, 6.07) is 0.0749. The standard InChI is InChI=1S/C14H26N2O3/c1-10(2)15-14(19)11(3)16-8-6-12(7-9-16)4-5-13(17)18/h10-12H,4-9H2,1-3H3,(H,15,19)(H,17,18). The van der Waals surface area contributed by atoms with Crippen molar-refractivity contribution in [2.45, 2.75) is 58.5 Å². The highest BCUT2D eigenvalue weighted by molar-refractivity contribution is 5.81. The van der Waals surface area contributed by atoms with Gasteiger partial charge in [0.15, 0.2) is 0 Å². The van der Waals surface area contributed by atoms with Gasteiger partial charge in [-0.15, -0.1) is 0 Å². The number of hydrogen-bond acceptors (Lipinski definition) is 3. The minimum atomic E-state index is -0.716. The van der Waals surface area contributed by atoms with E-state index in [1.807, 2.05) is 20.8 Å². The fraction of sp³-hybridized carbons (Fsp3) is 0.857. The van der Waals surface area contributed by atoms with Crippen LogP contribution in [0.25, 0.3) is 0 Å². The van der Waals surface area contributed by atoms with Crippen molar-refractivity contribution in [3.05, 3.63) is 0 Å². The zero-order valence-electron chi connectivity index (χ0n) is 12.2. The van der Waals surface area contributed by atoms with Gasteiger partial charge in [0, 0.05) is 12.5 Å². The Morgan fingerprint density at radius 1 is 1.26 bits per heavy atom. The van der Waals surface area contributed by atoms with E-state index in [2.05, 4.69) is 10.2 Å². The molecule has 19 heavy (non-hydrogen) atoms. The van der Waals surface area contributed by atoms with Gasteiger partial charge in [-0.25, -0.2) is 0 Å². The van der Waals surface area contributed by atoms with E-state index < -0.39 is 5.97 Å². The van der Waals surface area contributed by atoms with Gasteiger partial charge in [-0.3, -0.25) is 14.5 Å². The van der Waals surface area contributed by atoms with Gasteiger partial charge >= 0.3 is 5.97 Å². The number of aliphatic carboxylic acids is 1. The third-order valence-electron chi connectivity index (χ3n) is 3.77. The largest absolute Gasteiger partial charge is 0.481 e. The Balaban J connectivity index is 2.32. The van der Waals surface area contributed by atoms with E-state index in [0.29, 0.717) is 5.92 Å². The van der Waals surface area contributed by atoms with Crippen LogP contribution in [0.1, 0.15) is 46.5 Å². The first-order valence-electron chi connectivity index (χ1n) is 7.16. The molecule has 0 aromatic carbocycles. The lowest BCUT2D eigenvalue weighted by molar-refractivity contribution is -0.137. The Hall–Kier alpha value is -1.10. The molecule has 0 aliphatic carbocycles. The molecule has 1 fully saturated rings. The normalized spacial score (nSPS) is 19.4. The summed E-state index contributed by atoms with van der Waals surface area (Å²) in [5, 5.41) is 11.6. The van der Waals surface area contributed by atoms with Crippen molar-refractivity contribution in [2.75, 3.05) is 13.1 Å². The molecule has 0 saturated carbocycles. The second-order valence-corrected chi connectivity index (χ2v) is 5.75. The molecule has 1 aliphatic rings. The van der Waals surface area contributed by atoms with Gasteiger partial charge in [-0.05, 0) is 59.0 Å². The highest BCUT2D eigenvalue weighted by Gasteiger charge is 2.26. The first kappa shape index (κ1) is 16.0. The molecule has 1 heterocycles. The number of nitrogens with zero attached hydrogens (tertiary/aromatic N) is 1. The summed E-state index contributed by atoms with van der Waals surface area (Å²) >= 11 is 0. The molecule has 0 spiro atoms. The Bertz CT molecular complexity index is 310. The van der Waals surface area contributed by atoms with E-state index in [9.17, 15) is 9.59 Å². The lowest BCUT2D eigenvalue weighted by atomic mass is 9.91. The number of amides is 1. The van der Waals surface area contributed by atoms with Crippen LogP contribution in [-0.4, -0.2) is 47.1 Å². The minimum absolute atomic E-state index is 0.0824. The number of likely N-dealkylation sites (tertiary alicyclic amines) is 1. The van der Waals surface area contributed by atoms with Crippen LogP contribution in [-0.2, 0) is 9.59 Å². The summed E-state index contributed by atoms with van der Waals surface area (Å²) in [6.45, 7) is 7.63. The van der Waals surface area contributed by atoms with Gasteiger partial charge < -0.3 is 10.4 Å². The highest BCUT2D eigenvalue weighted by atomic mass is 16.4. The Morgan fingerprint density at radius 3 is 2.32 bits per heavy atom. The second-order valence-electron chi connectivity index (χ2n) is 5.75. The number of carboxylic acids is 1. The van der Waals surface area contributed by atoms with Crippen LogP contribution in [0, 0.1) is 5.92 Å². The molecule has 0 bridgehead atoms. The van der Waals surface area contributed by atoms with Crippen molar-refractivity contribution >= 4 is 11.9 Å². The molecule has 5 heteroatoms. The average Bonchev–Trinajstić information content (AvgIpc) is 2.35. The van der Waals surface area contributed by atoms with Crippen LogP contribution in [0.2, 0.25) is 0 Å². The first-order chi connectivity index (χ1) is 8.90. The number of carbonyl (C=O) groups excluding carboxylic acids is 1. The molecule has 0 aromatic rings.